The summed E-state index contributed by atoms with van der Waals surface area (Å²) in [5.74, 6) is -0.626. The highest BCUT2D eigenvalue weighted by molar-refractivity contribution is 6.00. The number of aliphatic hydroxyl groups excluding tert-OH is 1. The largest absolute Gasteiger partial charge is 0.467 e. The molecule has 0 fully saturated rings. The second-order valence-corrected chi connectivity index (χ2v) is 16.4. The van der Waals surface area contributed by atoms with Crippen molar-refractivity contribution in [2.75, 3.05) is 75.2 Å². The van der Waals surface area contributed by atoms with Gasteiger partial charge in [-0.3, -0.25) is 9.48 Å². The number of esters is 2. The Bertz CT molecular complexity index is 3700. The lowest BCUT2D eigenvalue weighted by Crippen LogP contribution is -2.14. The van der Waals surface area contributed by atoms with Gasteiger partial charge in [-0.2, -0.15) is 84.3 Å². The summed E-state index contributed by atoms with van der Waals surface area (Å²) < 4.78 is 28.6. The van der Waals surface area contributed by atoms with Crippen LogP contribution in [-0.2, 0) is 30.6 Å². The highest BCUT2D eigenvalue weighted by Crippen LogP contribution is 2.34. The van der Waals surface area contributed by atoms with Crippen LogP contribution in [0.2, 0.25) is 0 Å². The molecule has 9 aromatic rings. The molecule has 39 heteroatoms. The van der Waals surface area contributed by atoms with Gasteiger partial charge in [-0.05, 0) is 27.7 Å². The summed E-state index contributed by atoms with van der Waals surface area (Å²) >= 11 is 0. The van der Waals surface area contributed by atoms with Crippen molar-refractivity contribution in [1.29, 1.82) is 0 Å². The zero-order valence-corrected chi connectivity index (χ0v) is 45.0. The van der Waals surface area contributed by atoms with Crippen molar-refractivity contribution < 1.29 is 38.4 Å². The molecular formula is C42H53N31O8. The van der Waals surface area contributed by atoms with E-state index in [4.69, 9.17) is 54.3 Å². The van der Waals surface area contributed by atoms with Crippen molar-refractivity contribution in [2.45, 2.75) is 27.7 Å². The predicted molar refractivity (Wildman–Crippen MR) is 283 cm³/mol. The molecule has 0 unspecified atom stereocenters. The first kappa shape index (κ1) is 57.2. The van der Waals surface area contributed by atoms with Gasteiger partial charge < -0.3 is 64.2 Å². The van der Waals surface area contributed by atoms with Gasteiger partial charge in [0, 0.05) is 21.1 Å². The first-order valence-electron chi connectivity index (χ1n) is 23.0. The maximum atomic E-state index is 12.1. The van der Waals surface area contributed by atoms with E-state index < -0.39 is 24.3 Å². The Balaban J connectivity index is 0.000000222. The Kier molecular flexibility index (Phi) is 16.5. The molecule has 0 aliphatic rings. The predicted octanol–water partition coefficient (Wildman–Crippen LogP) is 0.278. The number of hydrogen-bond acceptors (Lipinski definition) is 32. The molecule has 0 amide bonds. The van der Waals surface area contributed by atoms with Crippen molar-refractivity contribution in [1.82, 2.24) is 98.4 Å². The summed E-state index contributed by atoms with van der Waals surface area (Å²) in [5.41, 5.74) is 45.1. The van der Waals surface area contributed by atoms with Gasteiger partial charge in [-0.25, -0.2) is 19.0 Å². The Morgan fingerprint density at radius 3 is 1.16 bits per heavy atom. The minimum absolute atomic E-state index is 0.00523. The number of carbonyl (C=O) groups is 3. The van der Waals surface area contributed by atoms with Gasteiger partial charge in [0.1, 0.15) is 23.6 Å². The van der Waals surface area contributed by atoms with Crippen LogP contribution in [-0.4, -0.2) is 156 Å². The lowest BCUT2D eigenvalue weighted by atomic mass is 10.2. The number of nitrogens with two attached hydrogens (primary N) is 7. The van der Waals surface area contributed by atoms with Crippen LogP contribution in [0.4, 0.5) is 63.5 Å². The molecule has 0 aliphatic heterocycles. The number of aryl methyl sites for hydroxylation is 7. The van der Waals surface area contributed by atoms with Crippen molar-refractivity contribution in [2.24, 2.45) is 41.6 Å². The van der Waals surface area contributed by atoms with Crippen LogP contribution < -0.4 is 49.6 Å². The molecule has 0 saturated heterocycles. The van der Waals surface area contributed by atoms with E-state index in [9.17, 15) is 19.5 Å². The zero-order valence-electron chi connectivity index (χ0n) is 45.0. The third kappa shape index (κ3) is 11.3. The standard InChI is InChI=1S/C24H27N17O5.C12H17N11O.C6H9N3O2/c1-10-15(32-34-19-12(14(43)9-42)7-27-38(19)3)17(25)40(36-10)22-29-23(31-24(30-22)46-6)41-18(26)16(11(2)37-41)33-35-20-13(21(44)45-5)8-28-39(20)4;1-4-6(13)8(15)22(20-4)10-17-11(19-12(18-10)24-3)23-9(16)7(14)5(2)21-23;1-9-5(7)4(3-8-9)6(10)11-2/h7-8,42H,9,25-26H2,1-6H3;13-16H2,1-3H3;3H,7H2,1-2H3. The highest BCUT2D eigenvalue weighted by Gasteiger charge is 2.25. The van der Waals surface area contributed by atoms with Crippen molar-refractivity contribution in [3.63, 3.8) is 0 Å². The maximum absolute atomic E-state index is 12.1. The van der Waals surface area contributed by atoms with Crippen LogP contribution in [0.5, 0.6) is 12.0 Å². The van der Waals surface area contributed by atoms with E-state index >= 15 is 0 Å². The number of Topliss-reactive ketones (excluding diaryl/α,β-unsaturated/α-hetero) is 1. The van der Waals surface area contributed by atoms with E-state index in [1.807, 2.05) is 0 Å². The Morgan fingerprint density at radius 2 is 0.815 bits per heavy atom. The fraction of sp³-hybridized carbons (Fsp3) is 0.286. The fourth-order valence-electron chi connectivity index (χ4n) is 6.82. The number of aromatic nitrogens is 20. The van der Waals surface area contributed by atoms with Crippen LogP contribution in [0.25, 0.3) is 23.8 Å². The van der Waals surface area contributed by atoms with Gasteiger partial charge in [0.05, 0.1) is 86.7 Å². The van der Waals surface area contributed by atoms with Gasteiger partial charge in [0.2, 0.25) is 0 Å². The number of methoxy groups -OCH3 is 4. The monoisotopic (exact) mass is 1120 g/mol. The number of nitrogen functional groups attached to an aromatic ring is 7. The Hall–Kier alpha value is -11.5. The number of hydrogen-bond donors (Lipinski definition) is 8. The lowest BCUT2D eigenvalue weighted by Gasteiger charge is -2.08. The van der Waals surface area contributed by atoms with E-state index in [-0.39, 0.29) is 93.2 Å². The molecule has 0 aliphatic carbocycles. The van der Waals surface area contributed by atoms with Gasteiger partial charge >= 0.3 is 24.0 Å². The van der Waals surface area contributed by atoms with Gasteiger partial charge in [0.25, 0.3) is 23.8 Å². The quantitative estimate of drug-likeness (QED) is 0.0412. The molecule has 0 bridgehead atoms. The second kappa shape index (κ2) is 23.4. The summed E-state index contributed by atoms with van der Waals surface area (Å²) in [4.78, 5) is 60.5. The number of rotatable bonds is 14. The van der Waals surface area contributed by atoms with E-state index in [1.165, 1.54) is 79.8 Å². The normalized spacial score (nSPS) is 11.2. The van der Waals surface area contributed by atoms with Crippen LogP contribution >= 0.6 is 0 Å². The van der Waals surface area contributed by atoms with Gasteiger partial charge in [-0.1, -0.05) is 0 Å². The average molecular weight is 1120 g/mol. The number of carbonyl (C=O) groups excluding carboxylic acids is 3. The van der Waals surface area contributed by atoms with E-state index in [2.05, 4.69) is 90.8 Å². The molecular weight excluding hydrogens is 1070 g/mol. The molecule has 9 rings (SSSR count). The SMILES string of the molecule is COC(=O)c1cnn(C)c1N.COC(=O)c1cnn(C)c1N=Nc1c(C)nn(-c2nc(OC)nc(-n3nc(C)c(N=Nc4c(C(=O)CO)cnn4C)c3N)n2)c1N.COc1nc(-n2nc(C)c(N)c2N)nc(-n2nc(C)c(N)c2N)n1. The third-order valence-corrected chi connectivity index (χ3v) is 11.3. The van der Waals surface area contributed by atoms with E-state index in [0.717, 1.165) is 0 Å². The Labute approximate surface area is 455 Å². The summed E-state index contributed by atoms with van der Waals surface area (Å²) in [6.07, 6.45) is 3.96. The molecule has 424 valence electrons. The van der Waals surface area contributed by atoms with E-state index in [0.29, 0.717) is 45.5 Å². The van der Waals surface area contributed by atoms with Crippen LogP contribution in [0.15, 0.2) is 39.0 Å². The molecule has 0 radical (unpaired) electrons. The minimum atomic E-state index is -0.720. The van der Waals surface area contributed by atoms with Crippen molar-refractivity contribution in [3.05, 3.63) is 58.1 Å². The molecule has 0 atom stereocenters. The maximum Gasteiger partial charge on any atom is 0.343 e. The summed E-state index contributed by atoms with van der Waals surface area (Å²) in [6.45, 7) is 5.99. The zero-order chi connectivity index (χ0) is 59.3. The minimum Gasteiger partial charge on any atom is -0.467 e. The molecule has 9 aromatic heterocycles. The van der Waals surface area contributed by atoms with Crippen LogP contribution in [0.3, 0.4) is 0 Å². The van der Waals surface area contributed by atoms with Crippen LogP contribution in [0, 0.1) is 27.7 Å². The number of azo groups is 2. The number of anilines is 7. The van der Waals surface area contributed by atoms with Gasteiger partial charge in [0.15, 0.2) is 52.1 Å². The molecule has 0 saturated carbocycles. The number of aliphatic hydroxyl groups is 1. The topological polar surface area (TPSA) is 542 Å². The molecule has 15 N–H and O–H groups in total. The first-order valence-corrected chi connectivity index (χ1v) is 23.0. The average Bonchev–Trinajstić information content (AvgIpc) is 4.39. The second-order valence-electron chi connectivity index (χ2n) is 16.4. The molecule has 39 nitrogen and oxygen atoms in total. The van der Waals surface area contributed by atoms with Crippen molar-refractivity contribution in [3.8, 4) is 35.8 Å². The van der Waals surface area contributed by atoms with E-state index in [1.54, 1.807) is 48.8 Å². The summed E-state index contributed by atoms with van der Waals surface area (Å²) in [5, 5.41) is 54.9. The highest BCUT2D eigenvalue weighted by atomic mass is 16.5. The molecule has 9 heterocycles. The lowest BCUT2D eigenvalue weighted by molar-refractivity contribution is 0.0592. The van der Waals surface area contributed by atoms with Crippen LogP contribution in [0.1, 0.15) is 53.8 Å². The molecule has 0 spiro atoms. The number of nitrogens with zero attached hydrogens (tertiary/aromatic N) is 24. The molecule has 81 heavy (non-hydrogen) atoms. The Morgan fingerprint density at radius 1 is 0.469 bits per heavy atom. The third-order valence-electron chi connectivity index (χ3n) is 11.3. The fourth-order valence-corrected chi connectivity index (χ4v) is 6.82. The van der Waals surface area contributed by atoms with Crippen molar-refractivity contribution >= 4 is 81.2 Å². The van der Waals surface area contributed by atoms with Gasteiger partial charge in [-0.15, -0.1) is 20.5 Å². The smallest absolute Gasteiger partial charge is 0.343 e. The number of ether oxygens (including phenoxy) is 4. The first-order chi connectivity index (χ1) is 38.5. The summed E-state index contributed by atoms with van der Waals surface area (Å²) in [7, 11) is 10.1. The number of ketones is 1. The molecule has 0 aromatic carbocycles. The summed E-state index contributed by atoms with van der Waals surface area (Å²) in [6, 6.07) is -0.0849.